The molecule has 1 heterocycles. The molecule has 0 radical (unpaired) electrons. The zero-order chi connectivity index (χ0) is 13.1. The fourth-order valence-electron chi connectivity index (χ4n) is 3.52. The third kappa shape index (κ3) is 3.18. The molecule has 1 aliphatic heterocycles. The predicted molar refractivity (Wildman–Crippen MR) is 76.2 cm³/mol. The quantitative estimate of drug-likeness (QED) is 0.901. The summed E-state index contributed by atoms with van der Waals surface area (Å²) in [6.07, 6.45) is 7.85. The zero-order valence-corrected chi connectivity index (χ0v) is 11.6. The summed E-state index contributed by atoms with van der Waals surface area (Å²) in [6.45, 7) is 0.914. The van der Waals surface area contributed by atoms with Crippen LogP contribution in [-0.4, -0.2) is 23.9 Å². The van der Waals surface area contributed by atoms with Gasteiger partial charge >= 0.3 is 0 Å². The number of benzene rings is 1. The molecule has 2 aliphatic rings. The summed E-state index contributed by atoms with van der Waals surface area (Å²) in [4.78, 5) is 0. The highest BCUT2D eigenvalue weighted by atomic mass is 16.5. The standard InChI is InChI=1S/C17H24O2/c18-17(10-9-16-6-3-11-19-16)15-8-7-13-4-1-2-5-14(13)12-15/h1-2,4-5,15-18H,3,6-12H2. The minimum atomic E-state index is -0.155. The van der Waals surface area contributed by atoms with E-state index >= 15 is 0 Å². The Kier molecular flexibility index (Phi) is 4.19. The van der Waals surface area contributed by atoms with Gasteiger partial charge in [-0.05, 0) is 62.0 Å². The second-order valence-electron chi connectivity index (χ2n) is 6.05. The maximum Gasteiger partial charge on any atom is 0.0577 e. The van der Waals surface area contributed by atoms with Crippen LogP contribution in [0.1, 0.15) is 43.2 Å². The summed E-state index contributed by atoms with van der Waals surface area (Å²) < 4.78 is 5.64. The smallest absolute Gasteiger partial charge is 0.0577 e. The summed E-state index contributed by atoms with van der Waals surface area (Å²) >= 11 is 0. The summed E-state index contributed by atoms with van der Waals surface area (Å²) in [7, 11) is 0. The van der Waals surface area contributed by atoms with E-state index in [1.807, 2.05) is 0 Å². The first-order valence-electron chi connectivity index (χ1n) is 7.69. The lowest BCUT2D eigenvalue weighted by molar-refractivity contribution is 0.0549. The first-order valence-corrected chi connectivity index (χ1v) is 7.69. The van der Waals surface area contributed by atoms with Crippen molar-refractivity contribution in [3.63, 3.8) is 0 Å². The van der Waals surface area contributed by atoms with Gasteiger partial charge in [0.15, 0.2) is 0 Å². The minimum Gasteiger partial charge on any atom is -0.393 e. The fraction of sp³-hybridized carbons (Fsp3) is 0.647. The summed E-state index contributed by atoms with van der Waals surface area (Å²) in [5.41, 5.74) is 2.92. The summed E-state index contributed by atoms with van der Waals surface area (Å²) in [6, 6.07) is 8.67. The molecule has 19 heavy (non-hydrogen) atoms. The lowest BCUT2D eigenvalue weighted by Gasteiger charge is -2.29. The number of hydrogen-bond donors (Lipinski definition) is 1. The Balaban J connectivity index is 1.52. The molecule has 2 nitrogen and oxygen atoms in total. The molecule has 3 rings (SSSR count). The minimum absolute atomic E-state index is 0.155. The second-order valence-corrected chi connectivity index (χ2v) is 6.05. The van der Waals surface area contributed by atoms with E-state index in [1.165, 1.54) is 24.0 Å². The van der Waals surface area contributed by atoms with E-state index in [0.29, 0.717) is 12.0 Å². The van der Waals surface area contributed by atoms with Gasteiger partial charge in [0.25, 0.3) is 0 Å². The Morgan fingerprint density at radius 2 is 2.05 bits per heavy atom. The number of hydrogen-bond acceptors (Lipinski definition) is 2. The van der Waals surface area contributed by atoms with E-state index in [2.05, 4.69) is 24.3 Å². The molecule has 0 aromatic heterocycles. The Bertz CT molecular complexity index is 409. The number of ether oxygens (including phenoxy) is 1. The van der Waals surface area contributed by atoms with Crippen LogP contribution < -0.4 is 0 Å². The Labute approximate surface area is 115 Å². The second kappa shape index (κ2) is 6.06. The van der Waals surface area contributed by atoms with E-state index in [9.17, 15) is 5.11 Å². The molecule has 1 saturated heterocycles. The highest BCUT2D eigenvalue weighted by molar-refractivity contribution is 5.29. The van der Waals surface area contributed by atoms with Gasteiger partial charge < -0.3 is 9.84 Å². The van der Waals surface area contributed by atoms with Crippen LogP contribution in [0.15, 0.2) is 24.3 Å². The molecule has 1 aromatic rings. The van der Waals surface area contributed by atoms with Crippen LogP contribution in [0.5, 0.6) is 0 Å². The van der Waals surface area contributed by atoms with Crippen molar-refractivity contribution in [2.75, 3.05) is 6.61 Å². The fourth-order valence-corrected chi connectivity index (χ4v) is 3.52. The molecule has 0 bridgehead atoms. The van der Waals surface area contributed by atoms with Gasteiger partial charge in [-0.25, -0.2) is 0 Å². The van der Waals surface area contributed by atoms with Crippen molar-refractivity contribution < 1.29 is 9.84 Å². The van der Waals surface area contributed by atoms with Crippen molar-refractivity contribution in [3.05, 3.63) is 35.4 Å². The predicted octanol–water partition coefficient (Wildman–Crippen LogP) is 3.11. The van der Waals surface area contributed by atoms with Crippen LogP contribution >= 0.6 is 0 Å². The summed E-state index contributed by atoms with van der Waals surface area (Å²) in [5.74, 6) is 0.441. The molecule has 0 saturated carbocycles. The van der Waals surface area contributed by atoms with Crippen molar-refractivity contribution in [3.8, 4) is 0 Å². The molecular weight excluding hydrogens is 236 g/mol. The molecule has 104 valence electrons. The van der Waals surface area contributed by atoms with Crippen molar-refractivity contribution in [2.24, 2.45) is 5.92 Å². The van der Waals surface area contributed by atoms with Crippen LogP contribution in [0.2, 0.25) is 0 Å². The first-order chi connectivity index (χ1) is 9.33. The van der Waals surface area contributed by atoms with Crippen molar-refractivity contribution in [1.29, 1.82) is 0 Å². The van der Waals surface area contributed by atoms with Gasteiger partial charge in [-0.3, -0.25) is 0 Å². The van der Waals surface area contributed by atoms with Crippen LogP contribution in [0.25, 0.3) is 0 Å². The lowest BCUT2D eigenvalue weighted by Crippen LogP contribution is -2.27. The monoisotopic (exact) mass is 260 g/mol. The Morgan fingerprint density at radius 1 is 1.21 bits per heavy atom. The Morgan fingerprint density at radius 3 is 2.84 bits per heavy atom. The largest absolute Gasteiger partial charge is 0.393 e. The van der Waals surface area contributed by atoms with Gasteiger partial charge in [0.2, 0.25) is 0 Å². The summed E-state index contributed by atoms with van der Waals surface area (Å²) in [5, 5.41) is 10.4. The van der Waals surface area contributed by atoms with Gasteiger partial charge in [0.05, 0.1) is 12.2 Å². The SMILES string of the molecule is OC(CCC1CCCO1)C1CCc2ccccc2C1. The van der Waals surface area contributed by atoms with E-state index in [1.54, 1.807) is 0 Å². The van der Waals surface area contributed by atoms with Crippen LogP contribution in [-0.2, 0) is 17.6 Å². The van der Waals surface area contributed by atoms with Gasteiger partial charge in [0, 0.05) is 6.61 Å². The molecule has 0 spiro atoms. The average molecular weight is 260 g/mol. The third-order valence-corrected chi connectivity index (χ3v) is 4.74. The van der Waals surface area contributed by atoms with Crippen molar-refractivity contribution >= 4 is 0 Å². The number of aliphatic hydroxyl groups is 1. The molecule has 1 fully saturated rings. The van der Waals surface area contributed by atoms with Gasteiger partial charge in [0.1, 0.15) is 0 Å². The molecule has 2 heteroatoms. The van der Waals surface area contributed by atoms with Gasteiger partial charge in [-0.2, -0.15) is 0 Å². The molecule has 1 aromatic carbocycles. The maximum absolute atomic E-state index is 10.4. The lowest BCUT2D eigenvalue weighted by atomic mass is 9.80. The van der Waals surface area contributed by atoms with E-state index in [-0.39, 0.29) is 6.10 Å². The molecule has 1 aliphatic carbocycles. The zero-order valence-electron chi connectivity index (χ0n) is 11.6. The maximum atomic E-state index is 10.4. The van der Waals surface area contributed by atoms with Crippen LogP contribution in [0.3, 0.4) is 0 Å². The average Bonchev–Trinajstić information content (AvgIpc) is 2.97. The molecule has 0 amide bonds. The van der Waals surface area contributed by atoms with E-state index in [0.717, 1.165) is 38.7 Å². The van der Waals surface area contributed by atoms with E-state index in [4.69, 9.17) is 4.74 Å². The normalized spacial score (nSPS) is 28.1. The van der Waals surface area contributed by atoms with E-state index < -0.39 is 0 Å². The van der Waals surface area contributed by atoms with Crippen molar-refractivity contribution in [1.82, 2.24) is 0 Å². The third-order valence-electron chi connectivity index (χ3n) is 4.74. The van der Waals surface area contributed by atoms with Crippen LogP contribution in [0, 0.1) is 5.92 Å². The Hall–Kier alpha value is -0.860. The highest BCUT2D eigenvalue weighted by Gasteiger charge is 2.26. The van der Waals surface area contributed by atoms with Gasteiger partial charge in [-0.15, -0.1) is 0 Å². The highest BCUT2D eigenvalue weighted by Crippen LogP contribution is 2.30. The number of rotatable bonds is 4. The van der Waals surface area contributed by atoms with Crippen LogP contribution in [0.4, 0.5) is 0 Å². The van der Waals surface area contributed by atoms with Crippen molar-refractivity contribution in [2.45, 2.75) is 57.2 Å². The molecule has 1 N–H and O–H groups in total. The first kappa shape index (κ1) is 13.1. The molecular formula is C17H24O2. The topological polar surface area (TPSA) is 29.5 Å². The molecule has 3 unspecified atom stereocenters. The number of aliphatic hydroxyl groups excluding tert-OH is 1. The number of fused-ring (bicyclic) bond motifs is 1. The number of aryl methyl sites for hydroxylation is 1. The van der Waals surface area contributed by atoms with Gasteiger partial charge in [-0.1, -0.05) is 24.3 Å². The molecule has 3 atom stereocenters.